The Kier molecular flexibility index (Phi) is 1.74. The van der Waals surface area contributed by atoms with Crippen molar-refractivity contribution < 1.29 is 0 Å². The maximum absolute atomic E-state index is 5.71. The smallest absolute Gasteiger partial charge is 0.119 e. The van der Waals surface area contributed by atoms with E-state index < -0.39 is 0 Å². The standard InChI is InChI=1S/C8H10N2S/c9-7-2-1-5-10-8(7)11-6-3-4-6/h1-2,5-6H,3-4,9H2. The topological polar surface area (TPSA) is 38.9 Å². The summed E-state index contributed by atoms with van der Waals surface area (Å²) in [5.41, 5.74) is 6.52. The van der Waals surface area contributed by atoms with Crippen LogP contribution in [0.1, 0.15) is 12.8 Å². The third-order valence-electron chi connectivity index (χ3n) is 1.60. The van der Waals surface area contributed by atoms with Crippen molar-refractivity contribution >= 4 is 17.4 Å². The van der Waals surface area contributed by atoms with Crippen LogP contribution < -0.4 is 5.73 Å². The van der Waals surface area contributed by atoms with Gasteiger partial charge in [0.2, 0.25) is 0 Å². The molecule has 2 N–H and O–H groups in total. The van der Waals surface area contributed by atoms with Gasteiger partial charge in [-0.05, 0) is 25.0 Å². The molecule has 2 rings (SSSR count). The maximum Gasteiger partial charge on any atom is 0.119 e. The van der Waals surface area contributed by atoms with Crippen LogP contribution in [0.2, 0.25) is 0 Å². The Bertz CT molecular complexity index is 258. The van der Waals surface area contributed by atoms with E-state index >= 15 is 0 Å². The molecule has 58 valence electrons. The zero-order chi connectivity index (χ0) is 7.68. The van der Waals surface area contributed by atoms with E-state index in [4.69, 9.17) is 5.73 Å². The summed E-state index contributed by atoms with van der Waals surface area (Å²) in [6, 6.07) is 3.77. The van der Waals surface area contributed by atoms with E-state index in [-0.39, 0.29) is 0 Å². The van der Waals surface area contributed by atoms with E-state index in [1.165, 1.54) is 12.8 Å². The Hall–Kier alpha value is -0.700. The normalized spacial score (nSPS) is 16.7. The van der Waals surface area contributed by atoms with Gasteiger partial charge in [-0.3, -0.25) is 0 Å². The number of anilines is 1. The van der Waals surface area contributed by atoms with Gasteiger partial charge >= 0.3 is 0 Å². The Morgan fingerprint density at radius 1 is 1.55 bits per heavy atom. The molecule has 0 aliphatic heterocycles. The number of thioether (sulfide) groups is 1. The van der Waals surface area contributed by atoms with Crippen LogP contribution >= 0.6 is 11.8 Å². The molecule has 0 unspecified atom stereocenters. The van der Waals surface area contributed by atoms with Crippen molar-refractivity contribution in [2.24, 2.45) is 0 Å². The van der Waals surface area contributed by atoms with Crippen molar-refractivity contribution in [2.45, 2.75) is 23.1 Å². The summed E-state index contributed by atoms with van der Waals surface area (Å²) in [6.45, 7) is 0. The lowest BCUT2D eigenvalue weighted by Crippen LogP contribution is -1.90. The number of pyridine rings is 1. The summed E-state index contributed by atoms with van der Waals surface area (Å²) in [5, 5.41) is 1.78. The van der Waals surface area contributed by atoms with Crippen LogP contribution in [0.5, 0.6) is 0 Å². The SMILES string of the molecule is Nc1cccnc1SC1CC1. The number of rotatable bonds is 2. The fourth-order valence-corrected chi connectivity index (χ4v) is 1.86. The van der Waals surface area contributed by atoms with Crippen LogP contribution in [0.4, 0.5) is 5.69 Å². The van der Waals surface area contributed by atoms with Crippen molar-refractivity contribution in [1.82, 2.24) is 4.98 Å². The van der Waals surface area contributed by atoms with Gasteiger partial charge in [-0.15, -0.1) is 11.8 Å². The van der Waals surface area contributed by atoms with Crippen molar-refractivity contribution in [3.8, 4) is 0 Å². The predicted molar refractivity (Wildman–Crippen MR) is 47.5 cm³/mol. The quantitative estimate of drug-likeness (QED) is 0.729. The number of nitrogen functional groups attached to an aromatic ring is 1. The summed E-state index contributed by atoms with van der Waals surface area (Å²) in [5.74, 6) is 0. The molecule has 1 aliphatic carbocycles. The van der Waals surface area contributed by atoms with E-state index in [0.29, 0.717) is 0 Å². The van der Waals surface area contributed by atoms with Crippen molar-refractivity contribution in [2.75, 3.05) is 5.73 Å². The minimum absolute atomic E-state index is 0.784. The molecule has 3 heteroatoms. The Morgan fingerprint density at radius 2 is 2.36 bits per heavy atom. The Morgan fingerprint density at radius 3 is 3.00 bits per heavy atom. The molecule has 0 radical (unpaired) electrons. The van der Waals surface area contributed by atoms with Gasteiger partial charge in [0.1, 0.15) is 5.03 Å². The van der Waals surface area contributed by atoms with Crippen LogP contribution in [-0.4, -0.2) is 10.2 Å². The van der Waals surface area contributed by atoms with Gasteiger partial charge in [0.15, 0.2) is 0 Å². The first-order valence-corrected chi connectivity index (χ1v) is 4.61. The lowest BCUT2D eigenvalue weighted by Gasteiger charge is -2.00. The highest BCUT2D eigenvalue weighted by molar-refractivity contribution is 8.00. The molecule has 0 spiro atoms. The second kappa shape index (κ2) is 2.74. The Balaban J connectivity index is 2.15. The molecule has 1 heterocycles. The molecule has 1 aromatic heterocycles. The second-order valence-electron chi connectivity index (χ2n) is 2.71. The van der Waals surface area contributed by atoms with Gasteiger partial charge in [-0.1, -0.05) is 0 Å². The van der Waals surface area contributed by atoms with Crippen LogP contribution in [-0.2, 0) is 0 Å². The van der Waals surface area contributed by atoms with Crippen LogP contribution in [0.25, 0.3) is 0 Å². The molecule has 1 aliphatic rings. The highest BCUT2D eigenvalue weighted by atomic mass is 32.2. The molecular weight excluding hydrogens is 156 g/mol. The Labute approximate surface area is 70.2 Å². The molecule has 0 atom stereocenters. The number of nitrogens with two attached hydrogens (primary N) is 1. The second-order valence-corrected chi connectivity index (χ2v) is 4.00. The maximum atomic E-state index is 5.71. The van der Waals surface area contributed by atoms with E-state index in [0.717, 1.165) is 16.0 Å². The van der Waals surface area contributed by atoms with Gasteiger partial charge in [-0.25, -0.2) is 4.98 Å². The summed E-state index contributed by atoms with van der Waals surface area (Å²) in [7, 11) is 0. The molecule has 0 bridgehead atoms. The van der Waals surface area contributed by atoms with Gasteiger partial charge in [0, 0.05) is 11.4 Å². The molecule has 1 saturated carbocycles. The molecule has 0 saturated heterocycles. The van der Waals surface area contributed by atoms with Crippen LogP contribution in [0.15, 0.2) is 23.4 Å². The van der Waals surface area contributed by atoms with Crippen molar-refractivity contribution in [1.29, 1.82) is 0 Å². The molecule has 0 amide bonds. The van der Waals surface area contributed by atoms with Gasteiger partial charge < -0.3 is 5.73 Å². The molecule has 11 heavy (non-hydrogen) atoms. The third-order valence-corrected chi connectivity index (χ3v) is 2.97. The number of aromatic nitrogens is 1. The predicted octanol–water partition coefficient (Wildman–Crippen LogP) is 1.92. The van der Waals surface area contributed by atoms with Crippen molar-refractivity contribution in [3.63, 3.8) is 0 Å². The van der Waals surface area contributed by atoms with Crippen LogP contribution in [0, 0.1) is 0 Å². The molecule has 0 aromatic carbocycles. The zero-order valence-corrected chi connectivity index (χ0v) is 6.97. The number of nitrogens with zero attached hydrogens (tertiary/aromatic N) is 1. The highest BCUT2D eigenvalue weighted by Gasteiger charge is 2.23. The molecule has 1 fully saturated rings. The minimum atomic E-state index is 0.784. The van der Waals surface area contributed by atoms with E-state index in [9.17, 15) is 0 Å². The van der Waals surface area contributed by atoms with E-state index in [2.05, 4.69) is 4.98 Å². The number of hydrogen-bond acceptors (Lipinski definition) is 3. The summed E-state index contributed by atoms with van der Waals surface area (Å²) < 4.78 is 0. The van der Waals surface area contributed by atoms with Crippen molar-refractivity contribution in [3.05, 3.63) is 18.3 Å². The lowest BCUT2D eigenvalue weighted by molar-refractivity contribution is 1.14. The van der Waals surface area contributed by atoms with Gasteiger partial charge in [0.05, 0.1) is 5.69 Å². The number of hydrogen-bond donors (Lipinski definition) is 1. The van der Waals surface area contributed by atoms with Gasteiger partial charge in [0.25, 0.3) is 0 Å². The average molecular weight is 166 g/mol. The van der Waals surface area contributed by atoms with Gasteiger partial charge in [-0.2, -0.15) is 0 Å². The third kappa shape index (κ3) is 1.66. The summed E-state index contributed by atoms with van der Waals surface area (Å²) >= 11 is 1.80. The first kappa shape index (κ1) is 6.98. The summed E-state index contributed by atoms with van der Waals surface area (Å²) in [4.78, 5) is 4.20. The molecule has 1 aromatic rings. The van der Waals surface area contributed by atoms with Crippen LogP contribution in [0.3, 0.4) is 0 Å². The first-order valence-electron chi connectivity index (χ1n) is 3.73. The monoisotopic (exact) mass is 166 g/mol. The van der Waals surface area contributed by atoms with E-state index in [1.807, 2.05) is 12.1 Å². The molecule has 2 nitrogen and oxygen atoms in total. The fraction of sp³-hybridized carbons (Fsp3) is 0.375. The zero-order valence-electron chi connectivity index (χ0n) is 6.16. The largest absolute Gasteiger partial charge is 0.397 e. The summed E-state index contributed by atoms with van der Waals surface area (Å²) in [6.07, 6.45) is 4.43. The lowest BCUT2D eigenvalue weighted by atomic mass is 10.4. The molecular formula is C8H10N2S. The fourth-order valence-electron chi connectivity index (χ4n) is 0.845. The van der Waals surface area contributed by atoms with E-state index in [1.54, 1.807) is 18.0 Å². The average Bonchev–Trinajstić information content (AvgIpc) is 2.78. The highest BCUT2D eigenvalue weighted by Crippen LogP contribution is 2.39. The minimum Gasteiger partial charge on any atom is -0.397 e. The first-order chi connectivity index (χ1) is 5.36.